The van der Waals surface area contributed by atoms with Gasteiger partial charge in [-0.25, -0.2) is 0 Å². The van der Waals surface area contributed by atoms with Crippen LogP contribution in [0.3, 0.4) is 0 Å². The maximum atomic E-state index is 12.3. The Hall–Kier alpha value is -0.670. The molecular formula is C16H25NOS. The molecule has 1 aliphatic heterocycles. The number of hydrogen-bond donors (Lipinski definition) is 0. The van der Waals surface area contributed by atoms with Gasteiger partial charge < -0.3 is 0 Å². The van der Waals surface area contributed by atoms with Crippen LogP contribution in [0.15, 0.2) is 6.07 Å². The minimum atomic E-state index is 0.296. The van der Waals surface area contributed by atoms with E-state index in [1.807, 2.05) is 6.07 Å². The lowest BCUT2D eigenvalue weighted by Crippen LogP contribution is -2.38. The summed E-state index contributed by atoms with van der Waals surface area (Å²) in [5.41, 5.74) is 0.938. The summed E-state index contributed by atoms with van der Waals surface area (Å²) in [6, 6.07) is 2.04. The summed E-state index contributed by atoms with van der Waals surface area (Å²) in [5, 5.41) is 0. The van der Waals surface area contributed by atoms with Crippen LogP contribution < -0.4 is 0 Å². The molecule has 0 spiro atoms. The molecule has 0 N–H and O–H groups in total. The Morgan fingerprint density at radius 1 is 1.37 bits per heavy atom. The average molecular weight is 279 g/mol. The van der Waals surface area contributed by atoms with Gasteiger partial charge in [0, 0.05) is 15.3 Å². The number of ketones is 1. The molecule has 2 nitrogen and oxygen atoms in total. The van der Waals surface area contributed by atoms with Gasteiger partial charge in [0.15, 0.2) is 5.78 Å². The zero-order chi connectivity index (χ0) is 14.0. The topological polar surface area (TPSA) is 20.3 Å². The molecule has 0 amide bonds. The van der Waals surface area contributed by atoms with Gasteiger partial charge >= 0.3 is 0 Å². The Bertz CT molecular complexity index is 442. The van der Waals surface area contributed by atoms with E-state index < -0.39 is 0 Å². The van der Waals surface area contributed by atoms with E-state index in [4.69, 9.17) is 0 Å². The highest BCUT2D eigenvalue weighted by Gasteiger charge is 2.23. The van der Waals surface area contributed by atoms with E-state index in [1.54, 1.807) is 11.3 Å². The van der Waals surface area contributed by atoms with Gasteiger partial charge in [-0.1, -0.05) is 13.8 Å². The van der Waals surface area contributed by atoms with Gasteiger partial charge in [0.2, 0.25) is 0 Å². The third kappa shape index (κ3) is 3.67. The summed E-state index contributed by atoms with van der Waals surface area (Å²) in [6.07, 6.45) is 2.49. The van der Waals surface area contributed by atoms with Crippen molar-refractivity contribution in [2.24, 2.45) is 11.8 Å². The van der Waals surface area contributed by atoms with Crippen molar-refractivity contribution < 1.29 is 4.79 Å². The van der Waals surface area contributed by atoms with Crippen molar-refractivity contribution in [1.29, 1.82) is 0 Å². The van der Waals surface area contributed by atoms with Gasteiger partial charge in [0.05, 0.1) is 6.54 Å². The molecule has 1 aliphatic rings. The molecule has 1 aromatic rings. The zero-order valence-corrected chi connectivity index (χ0v) is 13.3. The lowest BCUT2D eigenvalue weighted by molar-refractivity contribution is 0.0880. The quantitative estimate of drug-likeness (QED) is 0.779. The Kier molecular flexibility index (Phi) is 4.80. The predicted octanol–water partition coefficient (Wildman–Crippen LogP) is 3.92. The van der Waals surface area contributed by atoms with E-state index >= 15 is 0 Å². The van der Waals surface area contributed by atoms with Gasteiger partial charge in [-0.2, -0.15) is 0 Å². The van der Waals surface area contributed by atoms with Crippen molar-refractivity contribution in [3.05, 3.63) is 21.4 Å². The third-order valence-corrected chi connectivity index (χ3v) is 5.25. The maximum absolute atomic E-state index is 12.3. The maximum Gasteiger partial charge on any atom is 0.177 e. The van der Waals surface area contributed by atoms with E-state index in [9.17, 15) is 4.79 Å². The molecule has 106 valence electrons. The number of Topliss-reactive ketones (excluding diaryl/α,β-unsaturated/α-hetero) is 1. The number of hydrogen-bond acceptors (Lipinski definition) is 3. The van der Waals surface area contributed by atoms with E-state index in [1.165, 1.54) is 22.6 Å². The Balaban J connectivity index is 1.89. The van der Waals surface area contributed by atoms with Crippen LogP contribution in [0.4, 0.5) is 0 Å². The van der Waals surface area contributed by atoms with Crippen LogP contribution in [0.1, 0.15) is 46.8 Å². The normalized spacial score (nSPS) is 18.2. The molecule has 1 saturated heterocycles. The van der Waals surface area contributed by atoms with Crippen LogP contribution >= 0.6 is 11.3 Å². The number of rotatable bonds is 4. The van der Waals surface area contributed by atoms with Crippen LogP contribution in [0.5, 0.6) is 0 Å². The number of aryl methyl sites for hydroxylation is 2. The number of thiophene rings is 1. The fourth-order valence-corrected chi connectivity index (χ4v) is 3.92. The summed E-state index contributed by atoms with van der Waals surface area (Å²) in [5.74, 6) is 1.92. The van der Waals surface area contributed by atoms with Crippen molar-refractivity contribution in [3.8, 4) is 0 Å². The fourth-order valence-electron chi connectivity index (χ4n) is 2.97. The van der Waals surface area contributed by atoms with Crippen molar-refractivity contribution in [3.63, 3.8) is 0 Å². The van der Waals surface area contributed by atoms with Crippen molar-refractivity contribution in [2.75, 3.05) is 19.6 Å². The molecule has 0 unspecified atom stereocenters. The number of likely N-dealkylation sites (tertiary alicyclic amines) is 1. The highest BCUT2D eigenvalue weighted by Crippen LogP contribution is 2.25. The van der Waals surface area contributed by atoms with Gasteiger partial charge in [0.25, 0.3) is 0 Å². The molecule has 0 atom stereocenters. The average Bonchev–Trinajstić information content (AvgIpc) is 2.69. The second-order valence-corrected chi connectivity index (χ2v) is 7.57. The second kappa shape index (κ2) is 6.19. The highest BCUT2D eigenvalue weighted by atomic mass is 32.1. The SMILES string of the molecule is Cc1cc(C(=O)CN2CCC(C(C)C)CC2)c(C)s1. The standard InChI is InChI=1S/C16H25NOS/c1-11(2)14-5-7-17(8-6-14)10-16(18)15-9-12(3)19-13(15)4/h9,11,14H,5-8,10H2,1-4H3. The van der Waals surface area contributed by atoms with Gasteiger partial charge in [-0.05, 0) is 57.7 Å². The molecule has 1 fully saturated rings. The number of nitrogens with zero attached hydrogens (tertiary/aromatic N) is 1. The molecule has 0 radical (unpaired) electrons. The van der Waals surface area contributed by atoms with Crippen LogP contribution in [0, 0.1) is 25.7 Å². The molecule has 19 heavy (non-hydrogen) atoms. The minimum Gasteiger partial charge on any atom is -0.296 e. The minimum absolute atomic E-state index is 0.296. The fraction of sp³-hybridized carbons (Fsp3) is 0.688. The molecule has 2 rings (SSSR count). The Morgan fingerprint density at radius 2 is 2.00 bits per heavy atom. The Labute approximate surface area is 120 Å². The first-order valence-electron chi connectivity index (χ1n) is 7.30. The summed E-state index contributed by atoms with van der Waals surface area (Å²) in [4.78, 5) is 17.1. The van der Waals surface area contributed by atoms with Crippen LogP contribution in [0.2, 0.25) is 0 Å². The number of piperidine rings is 1. The molecule has 0 aromatic carbocycles. The molecule has 1 aromatic heterocycles. The first-order valence-corrected chi connectivity index (χ1v) is 8.11. The lowest BCUT2D eigenvalue weighted by Gasteiger charge is -2.33. The van der Waals surface area contributed by atoms with E-state index in [0.717, 1.165) is 30.5 Å². The van der Waals surface area contributed by atoms with Crippen molar-refractivity contribution >= 4 is 17.1 Å². The van der Waals surface area contributed by atoms with Crippen molar-refractivity contribution in [1.82, 2.24) is 4.90 Å². The summed E-state index contributed by atoms with van der Waals surface area (Å²) < 4.78 is 0. The van der Waals surface area contributed by atoms with Crippen molar-refractivity contribution in [2.45, 2.75) is 40.5 Å². The van der Waals surface area contributed by atoms with Gasteiger partial charge in [0.1, 0.15) is 0 Å². The van der Waals surface area contributed by atoms with Crippen LogP contribution in [0.25, 0.3) is 0 Å². The molecule has 0 saturated carbocycles. The lowest BCUT2D eigenvalue weighted by atomic mass is 9.86. The monoisotopic (exact) mass is 279 g/mol. The van der Waals surface area contributed by atoms with Crippen LogP contribution in [-0.4, -0.2) is 30.3 Å². The van der Waals surface area contributed by atoms with Crippen LogP contribution in [-0.2, 0) is 0 Å². The molecule has 3 heteroatoms. The number of carbonyl (C=O) groups excluding carboxylic acids is 1. The Morgan fingerprint density at radius 3 is 2.47 bits per heavy atom. The number of carbonyl (C=O) groups is 1. The van der Waals surface area contributed by atoms with E-state index in [2.05, 4.69) is 32.6 Å². The van der Waals surface area contributed by atoms with E-state index in [0.29, 0.717) is 12.3 Å². The largest absolute Gasteiger partial charge is 0.296 e. The molecule has 0 bridgehead atoms. The molecular weight excluding hydrogens is 254 g/mol. The summed E-state index contributed by atoms with van der Waals surface area (Å²) in [6.45, 7) is 11.5. The van der Waals surface area contributed by atoms with E-state index in [-0.39, 0.29) is 0 Å². The zero-order valence-electron chi connectivity index (χ0n) is 12.5. The van der Waals surface area contributed by atoms with Gasteiger partial charge in [-0.3, -0.25) is 9.69 Å². The first kappa shape index (κ1) is 14.7. The first-order chi connectivity index (χ1) is 8.97. The van der Waals surface area contributed by atoms with Gasteiger partial charge in [-0.15, -0.1) is 11.3 Å². The predicted molar refractivity (Wildman–Crippen MR) is 82.1 cm³/mol. The molecule has 0 aliphatic carbocycles. The molecule has 2 heterocycles. The highest BCUT2D eigenvalue weighted by molar-refractivity contribution is 7.12. The smallest absolute Gasteiger partial charge is 0.177 e. The third-order valence-electron chi connectivity index (χ3n) is 4.28. The summed E-state index contributed by atoms with van der Waals surface area (Å²) in [7, 11) is 0. The summed E-state index contributed by atoms with van der Waals surface area (Å²) >= 11 is 1.72. The second-order valence-electron chi connectivity index (χ2n) is 6.11.